The first-order chi connectivity index (χ1) is 8.92. The fourth-order valence-electron chi connectivity index (χ4n) is 3.16. The minimum atomic E-state index is -0.733. The highest BCUT2D eigenvalue weighted by molar-refractivity contribution is 5.83. The van der Waals surface area contributed by atoms with Crippen LogP contribution in [0, 0.1) is 11.3 Å². The second-order valence-electron chi connectivity index (χ2n) is 6.42. The van der Waals surface area contributed by atoms with E-state index in [4.69, 9.17) is 5.11 Å². The van der Waals surface area contributed by atoms with Crippen molar-refractivity contribution in [3.05, 3.63) is 0 Å². The van der Waals surface area contributed by atoms with E-state index in [0.29, 0.717) is 25.9 Å². The average Bonchev–Trinajstić information content (AvgIpc) is 2.37. The third-order valence-electron chi connectivity index (χ3n) is 4.53. The van der Waals surface area contributed by atoms with Gasteiger partial charge in [-0.1, -0.05) is 13.8 Å². The molecule has 2 fully saturated rings. The Kier molecular flexibility index (Phi) is 4.13. The van der Waals surface area contributed by atoms with Gasteiger partial charge in [0.15, 0.2) is 0 Å². The van der Waals surface area contributed by atoms with Crippen LogP contribution in [0.15, 0.2) is 0 Å². The van der Waals surface area contributed by atoms with Crippen molar-refractivity contribution in [2.75, 3.05) is 19.6 Å². The first-order valence-corrected chi connectivity index (χ1v) is 7.17. The zero-order valence-corrected chi connectivity index (χ0v) is 11.8. The normalized spacial score (nSPS) is 28.1. The molecule has 0 aromatic heterocycles. The molecular formula is C14H24N2O3. The number of carboxylic acids is 1. The molecule has 2 aliphatic heterocycles. The summed E-state index contributed by atoms with van der Waals surface area (Å²) >= 11 is 0. The number of hydrogen-bond donors (Lipinski definition) is 2. The molecule has 5 heteroatoms. The topological polar surface area (TPSA) is 69.6 Å². The molecule has 0 radical (unpaired) electrons. The van der Waals surface area contributed by atoms with Crippen molar-refractivity contribution in [1.29, 1.82) is 0 Å². The molecule has 1 atom stereocenters. The number of carbonyl (C=O) groups is 2. The number of piperidine rings is 2. The summed E-state index contributed by atoms with van der Waals surface area (Å²) in [5, 5.41) is 12.3. The second-order valence-corrected chi connectivity index (χ2v) is 6.42. The smallest absolute Gasteiger partial charge is 0.306 e. The summed E-state index contributed by atoms with van der Waals surface area (Å²) in [6.45, 7) is 6.30. The van der Waals surface area contributed by atoms with E-state index in [1.165, 1.54) is 0 Å². The van der Waals surface area contributed by atoms with Gasteiger partial charge in [0.2, 0.25) is 5.91 Å². The summed E-state index contributed by atoms with van der Waals surface area (Å²) in [5.74, 6) is -0.867. The molecule has 2 heterocycles. The van der Waals surface area contributed by atoms with E-state index in [9.17, 15) is 9.59 Å². The number of hydrogen-bond acceptors (Lipinski definition) is 3. The van der Waals surface area contributed by atoms with Gasteiger partial charge in [-0.2, -0.15) is 0 Å². The third kappa shape index (κ3) is 3.08. The summed E-state index contributed by atoms with van der Waals surface area (Å²) in [4.78, 5) is 25.3. The van der Waals surface area contributed by atoms with Crippen LogP contribution in [0.25, 0.3) is 0 Å². The van der Waals surface area contributed by atoms with Crippen LogP contribution < -0.4 is 5.32 Å². The van der Waals surface area contributed by atoms with Crippen molar-refractivity contribution < 1.29 is 14.7 Å². The van der Waals surface area contributed by atoms with Gasteiger partial charge < -0.3 is 15.3 Å². The molecule has 2 aliphatic rings. The maximum absolute atomic E-state index is 12.6. The third-order valence-corrected chi connectivity index (χ3v) is 4.53. The Balaban J connectivity index is 1.95. The molecule has 19 heavy (non-hydrogen) atoms. The van der Waals surface area contributed by atoms with Crippen LogP contribution in [0.5, 0.6) is 0 Å². The highest BCUT2D eigenvalue weighted by Gasteiger charge is 2.40. The molecule has 0 bridgehead atoms. The molecule has 2 N–H and O–H groups in total. The van der Waals surface area contributed by atoms with E-state index in [1.807, 2.05) is 4.90 Å². The second kappa shape index (κ2) is 5.49. The average molecular weight is 268 g/mol. The van der Waals surface area contributed by atoms with Crippen molar-refractivity contribution in [3.63, 3.8) is 0 Å². The number of aliphatic carboxylic acids is 1. The van der Waals surface area contributed by atoms with Gasteiger partial charge in [0, 0.05) is 13.1 Å². The van der Waals surface area contributed by atoms with Gasteiger partial charge in [0.05, 0.1) is 12.0 Å². The lowest BCUT2D eigenvalue weighted by atomic mass is 9.76. The monoisotopic (exact) mass is 268 g/mol. The van der Waals surface area contributed by atoms with Gasteiger partial charge in [0.25, 0.3) is 0 Å². The Morgan fingerprint density at radius 2 is 1.89 bits per heavy atom. The van der Waals surface area contributed by atoms with Gasteiger partial charge in [-0.3, -0.25) is 9.59 Å². The molecule has 0 aromatic carbocycles. The number of likely N-dealkylation sites (tertiary alicyclic amines) is 1. The highest BCUT2D eigenvalue weighted by Crippen LogP contribution is 2.32. The Labute approximate surface area is 114 Å². The molecule has 2 rings (SSSR count). The first kappa shape index (κ1) is 14.3. The van der Waals surface area contributed by atoms with Gasteiger partial charge in [0.1, 0.15) is 0 Å². The van der Waals surface area contributed by atoms with E-state index < -0.39 is 5.97 Å². The van der Waals surface area contributed by atoms with Crippen LogP contribution in [-0.4, -0.2) is 47.6 Å². The van der Waals surface area contributed by atoms with Crippen LogP contribution in [-0.2, 0) is 9.59 Å². The molecule has 0 aromatic rings. The standard InChI is InChI=1S/C14H24N2O3/c1-14(2)6-3-7-15-11(14)12(17)16-8-4-10(5-9-16)13(18)19/h10-11,15H,3-9H2,1-2H3,(H,18,19). The van der Waals surface area contributed by atoms with Gasteiger partial charge in [-0.25, -0.2) is 0 Å². The van der Waals surface area contributed by atoms with Crippen LogP contribution in [0.1, 0.15) is 39.5 Å². The lowest BCUT2D eigenvalue weighted by Crippen LogP contribution is -2.57. The van der Waals surface area contributed by atoms with Gasteiger partial charge in [-0.05, 0) is 37.6 Å². The van der Waals surface area contributed by atoms with E-state index in [2.05, 4.69) is 19.2 Å². The Morgan fingerprint density at radius 1 is 1.26 bits per heavy atom. The molecule has 0 aliphatic carbocycles. The number of nitrogens with zero attached hydrogens (tertiary/aromatic N) is 1. The van der Waals surface area contributed by atoms with Gasteiger partial charge >= 0.3 is 5.97 Å². The Bertz CT molecular complexity index is 360. The van der Waals surface area contributed by atoms with Crippen molar-refractivity contribution in [1.82, 2.24) is 10.2 Å². The lowest BCUT2D eigenvalue weighted by Gasteiger charge is -2.42. The molecule has 0 spiro atoms. The number of rotatable bonds is 2. The summed E-state index contributed by atoms with van der Waals surface area (Å²) < 4.78 is 0. The quantitative estimate of drug-likeness (QED) is 0.786. The predicted octanol–water partition coefficient (Wildman–Crippen LogP) is 1.09. The van der Waals surface area contributed by atoms with E-state index >= 15 is 0 Å². The minimum Gasteiger partial charge on any atom is -0.481 e. The van der Waals surface area contributed by atoms with E-state index in [-0.39, 0.29) is 23.3 Å². The molecule has 5 nitrogen and oxygen atoms in total. The molecule has 2 saturated heterocycles. The van der Waals surface area contributed by atoms with Crippen LogP contribution >= 0.6 is 0 Å². The zero-order chi connectivity index (χ0) is 14.0. The molecular weight excluding hydrogens is 244 g/mol. The fraction of sp³-hybridized carbons (Fsp3) is 0.857. The largest absolute Gasteiger partial charge is 0.481 e. The SMILES string of the molecule is CC1(C)CCCNC1C(=O)N1CCC(C(=O)O)CC1. The first-order valence-electron chi connectivity index (χ1n) is 7.17. The molecule has 1 amide bonds. The van der Waals surface area contributed by atoms with Gasteiger partial charge in [-0.15, -0.1) is 0 Å². The number of nitrogens with one attached hydrogen (secondary N) is 1. The van der Waals surface area contributed by atoms with Crippen molar-refractivity contribution in [2.45, 2.75) is 45.6 Å². The fourth-order valence-corrected chi connectivity index (χ4v) is 3.16. The number of carbonyl (C=O) groups excluding carboxylic acids is 1. The number of carboxylic acid groups (broad SMARTS) is 1. The summed E-state index contributed by atoms with van der Waals surface area (Å²) in [7, 11) is 0. The summed E-state index contributed by atoms with van der Waals surface area (Å²) in [5.41, 5.74) is -0.0149. The Hall–Kier alpha value is -1.10. The maximum atomic E-state index is 12.6. The molecule has 1 unspecified atom stereocenters. The van der Waals surface area contributed by atoms with Crippen LogP contribution in [0.4, 0.5) is 0 Å². The summed E-state index contributed by atoms with van der Waals surface area (Å²) in [6.07, 6.45) is 3.32. The predicted molar refractivity (Wildman–Crippen MR) is 71.7 cm³/mol. The van der Waals surface area contributed by atoms with Crippen LogP contribution in [0.2, 0.25) is 0 Å². The lowest BCUT2D eigenvalue weighted by molar-refractivity contribution is -0.147. The van der Waals surface area contributed by atoms with Crippen molar-refractivity contribution >= 4 is 11.9 Å². The molecule has 0 saturated carbocycles. The zero-order valence-electron chi connectivity index (χ0n) is 11.8. The van der Waals surface area contributed by atoms with E-state index in [0.717, 1.165) is 19.4 Å². The maximum Gasteiger partial charge on any atom is 0.306 e. The summed E-state index contributed by atoms with van der Waals surface area (Å²) in [6, 6.07) is -0.123. The Morgan fingerprint density at radius 3 is 2.42 bits per heavy atom. The highest BCUT2D eigenvalue weighted by atomic mass is 16.4. The van der Waals surface area contributed by atoms with Crippen LogP contribution in [0.3, 0.4) is 0 Å². The van der Waals surface area contributed by atoms with Crippen molar-refractivity contribution in [2.24, 2.45) is 11.3 Å². The van der Waals surface area contributed by atoms with Crippen molar-refractivity contribution in [3.8, 4) is 0 Å². The number of amides is 1. The minimum absolute atomic E-state index is 0.0149. The molecule has 108 valence electrons. The van der Waals surface area contributed by atoms with E-state index in [1.54, 1.807) is 0 Å².